The van der Waals surface area contributed by atoms with Crippen LogP contribution in [0.15, 0.2) is 20.6 Å². The van der Waals surface area contributed by atoms with Gasteiger partial charge in [0.05, 0.1) is 21.5 Å². The Morgan fingerprint density at radius 2 is 2.17 bits per heavy atom. The zero-order valence-electron chi connectivity index (χ0n) is 8.84. The van der Waals surface area contributed by atoms with Crippen molar-refractivity contribution >= 4 is 55.6 Å². The Bertz CT molecular complexity index is 593. The normalized spacial score (nSPS) is 10.3. The van der Waals surface area contributed by atoms with Gasteiger partial charge in [-0.1, -0.05) is 0 Å². The number of hydrogen-bond acceptors (Lipinski definition) is 5. The third kappa shape index (κ3) is 3.37. The predicted molar refractivity (Wildman–Crippen MR) is 73.4 cm³/mol. The van der Waals surface area contributed by atoms with Gasteiger partial charge in [0, 0.05) is 10.8 Å². The van der Waals surface area contributed by atoms with E-state index < -0.39 is 5.97 Å². The predicted octanol–water partition coefficient (Wildman–Crippen LogP) is 2.85. The number of carbonyl (C=O) groups is 2. The molecule has 0 bridgehead atoms. The molecule has 0 unspecified atom stereocenters. The van der Waals surface area contributed by atoms with Gasteiger partial charge in [-0.25, -0.2) is 4.98 Å². The molecule has 0 aliphatic rings. The molecule has 0 atom stereocenters. The standard InChI is InChI=1S/C10H7BrN2O3S2/c11-7-1-5(3-17-7)9(16)13-10-12-6(4-18-10)2-8(14)15/h1,3-4H,2H2,(H,14,15)(H,12,13,16). The Morgan fingerprint density at radius 1 is 1.39 bits per heavy atom. The van der Waals surface area contributed by atoms with Crippen LogP contribution in [0.25, 0.3) is 0 Å². The molecular weight excluding hydrogens is 340 g/mol. The number of anilines is 1. The van der Waals surface area contributed by atoms with Crippen LogP contribution >= 0.6 is 38.6 Å². The smallest absolute Gasteiger partial charge is 0.309 e. The van der Waals surface area contributed by atoms with Crippen LogP contribution in [0, 0.1) is 0 Å². The van der Waals surface area contributed by atoms with Crippen LogP contribution in [0.2, 0.25) is 0 Å². The molecule has 2 heterocycles. The SMILES string of the molecule is O=C(O)Cc1csc(NC(=O)c2csc(Br)c2)n1. The molecule has 18 heavy (non-hydrogen) atoms. The molecule has 2 aromatic rings. The largest absolute Gasteiger partial charge is 0.481 e. The second-order valence-electron chi connectivity index (χ2n) is 3.31. The van der Waals surface area contributed by atoms with E-state index >= 15 is 0 Å². The number of nitrogens with zero attached hydrogens (tertiary/aromatic N) is 1. The fraction of sp³-hybridized carbons (Fsp3) is 0.100. The summed E-state index contributed by atoms with van der Waals surface area (Å²) in [6, 6.07) is 1.71. The van der Waals surface area contributed by atoms with Gasteiger partial charge < -0.3 is 5.11 Å². The Kier molecular flexibility index (Phi) is 4.10. The zero-order valence-corrected chi connectivity index (χ0v) is 12.1. The number of thiazole rings is 1. The summed E-state index contributed by atoms with van der Waals surface area (Å²) in [5.74, 6) is -1.20. The Labute approximate surface area is 119 Å². The van der Waals surface area contributed by atoms with E-state index in [2.05, 4.69) is 26.2 Å². The molecule has 0 aliphatic carbocycles. The first-order valence-electron chi connectivity index (χ1n) is 4.76. The number of thiophene rings is 1. The van der Waals surface area contributed by atoms with Crippen molar-refractivity contribution in [2.45, 2.75) is 6.42 Å². The van der Waals surface area contributed by atoms with Crippen LogP contribution in [0.1, 0.15) is 16.1 Å². The van der Waals surface area contributed by atoms with E-state index in [0.29, 0.717) is 16.4 Å². The maximum atomic E-state index is 11.8. The summed E-state index contributed by atoms with van der Waals surface area (Å²) in [6.07, 6.45) is -0.142. The fourth-order valence-corrected chi connectivity index (χ4v) is 3.04. The van der Waals surface area contributed by atoms with Gasteiger partial charge in [-0.3, -0.25) is 14.9 Å². The Morgan fingerprint density at radius 3 is 2.78 bits per heavy atom. The van der Waals surface area contributed by atoms with Gasteiger partial charge in [0.15, 0.2) is 5.13 Å². The summed E-state index contributed by atoms with van der Waals surface area (Å²) >= 11 is 5.90. The van der Waals surface area contributed by atoms with E-state index in [0.717, 1.165) is 3.79 Å². The van der Waals surface area contributed by atoms with Crippen molar-refractivity contribution in [3.8, 4) is 0 Å². The molecule has 0 saturated carbocycles. The lowest BCUT2D eigenvalue weighted by molar-refractivity contribution is -0.136. The summed E-state index contributed by atoms with van der Waals surface area (Å²) in [5.41, 5.74) is 0.983. The van der Waals surface area contributed by atoms with E-state index in [9.17, 15) is 9.59 Å². The molecule has 0 fully saturated rings. The van der Waals surface area contributed by atoms with E-state index in [1.54, 1.807) is 16.8 Å². The van der Waals surface area contributed by atoms with Crippen molar-refractivity contribution in [3.63, 3.8) is 0 Å². The van der Waals surface area contributed by atoms with Gasteiger partial charge in [0.1, 0.15) is 0 Å². The quantitative estimate of drug-likeness (QED) is 0.891. The van der Waals surface area contributed by atoms with Gasteiger partial charge in [-0.05, 0) is 22.0 Å². The van der Waals surface area contributed by atoms with E-state index in [4.69, 9.17) is 5.11 Å². The summed E-state index contributed by atoms with van der Waals surface area (Å²) in [6.45, 7) is 0. The lowest BCUT2D eigenvalue weighted by Crippen LogP contribution is -2.10. The van der Waals surface area contributed by atoms with Crippen molar-refractivity contribution in [2.75, 3.05) is 5.32 Å². The highest BCUT2D eigenvalue weighted by molar-refractivity contribution is 9.11. The zero-order chi connectivity index (χ0) is 13.1. The van der Waals surface area contributed by atoms with E-state index in [1.807, 2.05) is 0 Å². The third-order valence-electron chi connectivity index (χ3n) is 1.93. The first-order chi connectivity index (χ1) is 8.54. The van der Waals surface area contributed by atoms with Gasteiger partial charge in [-0.2, -0.15) is 0 Å². The summed E-state index contributed by atoms with van der Waals surface area (Å²) in [7, 11) is 0. The number of nitrogens with one attached hydrogen (secondary N) is 1. The number of carbonyl (C=O) groups excluding carboxylic acids is 1. The molecule has 0 saturated heterocycles. The highest BCUT2D eigenvalue weighted by Gasteiger charge is 2.11. The summed E-state index contributed by atoms with van der Waals surface area (Å²) in [5, 5.41) is 15.0. The summed E-state index contributed by atoms with van der Waals surface area (Å²) in [4.78, 5) is 26.3. The molecular formula is C10H7BrN2O3S2. The molecule has 2 N–H and O–H groups in total. The van der Waals surface area contributed by atoms with Crippen molar-refractivity contribution in [3.05, 3.63) is 31.9 Å². The molecule has 0 radical (unpaired) electrons. The van der Waals surface area contributed by atoms with Crippen LogP contribution < -0.4 is 5.32 Å². The number of hydrogen-bond donors (Lipinski definition) is 2. The van der Waals surface area contributed by atoms with Gasteiger partial charge in [0.2, 0.25) is 0 Å². The molecule has 2 aromatic heterocycles. The number of aliphatic carboxylic acids is 1. The van der Waals surface area contributed by atoms with Crippen molar-refractivity contribution in [1.82, 2.24) is 4.98 Å². The Hall–Kier alpha value is -1.25. The minimum Gasteiger partial charge on any atom is -0.481 e. The molecule has 5 nitrogen and oxygen atoms in total. The average Bonchev–Trinajstić information content (AvgIpc) is 2.87. The molecule has 8 heteroatoms. The van der Waals surface area contributed by atoms with Gasteiger partial charge >= 0.3 is 5.97 Å². The molecule has 94 valence electrons. The maximum Gasteiger partial charge on any atom is 0.309 e. The van der Waals surface area contributed by atoms with Crippen LogP contribution in [0.4, 0.5) is 5.13 Å². The molecule has 2 rings (SSSR count). The monoisotopic (exact) mass is 346 g/mol. The number of amides is 1. The third-order valence-corrected chi connectivity index (χ3v) is 4.25. The highest BCUT2D eigenvalue weighted by atomic mass is 79.9. The van der Waals surface area contributed by atoms with E-state index in [-0.39, 0.29) is 12.3 Å². The Balaban J connectivity index is 2.03. The summed E-state index contributed by atoms with van der Waals surface area (Å²) < 4.78 is 0.873. The van der Waals surface area contributed by atoms with Crippen LogP contribution in [0.3, 0.4) is 0 Å². The minimum absolute atomic E-state index is 0.142. The minimum atomic E-state index is -0.944. The van der Waals surface area contributed by atoms with E-state index in [1.165, 1.54) is 22.7 Å². The lowest BCUT2D eigenvalue weighted by atomic mass is 10.3. The van der Waals surface area contributed by atoms with Gasteiger partial charge in [0.25, 0.3) is 5.91 Å². The topological polar surface area (TPSA) is 79.3 Å². The maximum absolute atomic E-state index is 11.8. The van der Waals surface area contributed by atoms with Crippen molar-refractivity contribution in [1.29, 1.82) is 0 Å². The van der Waals surface area contributed by atoms with Crippen LogP contribution in [-0.2, 0) is 11.2 Å². The number of aromatic nitrogens is 1. The number of rotatable bonds is 4. The first-order valence-corrected chi connectivity index (χ1v) is 7.31. The van der Waals surface area contributed by atoms with Crippen LogP contribution in [0.5, 0.6) is 0 Å². The first kappa shape index (κ1) is 13.2. The molecule has 0 spiro atoms. The highest BCUT2D eigenvalue weighted by Crippen LogP contribution is 2.22. The molecule has 1 amide bonds. The number of carboxylic acids is 1. The second-order valence-corrected chi connectivity index (χ2v) is 6.46. The second kappa shape index (κ2) is 5.59. The fourth-order valence-electron chi connectivity index (χ4n) is 1.20. The van der Waals surface area contributed by atoms with Crippen LogP contribution in [-0.4, -0.2) is 22.0 Å². The van der Waals surface area contributed by atoms with Crippen molar-refractivity contribution in [2.24, 2.45) is 0 Å². The average molecular weight is 347 g/mol. The number of carboxylic acid groups (broad SMARTS) is 1. The molecule has 0 aromatic carbocycles. The van der Waals surface area contributed by atoms with Gasteiger partial charge in [-0.15, -0.1) is 22.7 Å². The molecule has 0 aliphatic heterocycles. The van der Waals surface area contributed by atoms with Crippen molar-refractivity contribution < 1.29 is 14.7 Å². The number of halogens is 1. The lowest BCUT2D eigenvalue weighted by Gasteiger charge is -1.97.